The summed E-state index contributed by atoms with van der Waals surface area (Å²) < 4.78 is 3.17. The van der Waals surface area contributed by atoms with Gasteiger partial charge in [-0.05, 0) is 31.9 Å². The van der Waals surface area contributed by atoms with Crippen molar-refractivity contribution in [1.29, 1.82) is 0 Å². The summed E-state index contributed by atoms with van der Waals surface area (Å²) in [5, 5.41) is 5.30. The molecule has 0 aliphatic rings. The summed E-state index contributed by atoms with van der Waals surface area (Å²) in [6.45, 7) is 8.29. The fourth-order valence-corrected chi connectivity index (χ4v) is 3.42. The van der Waals surface area contributed by atoms with Crippen LogP contribution in [0.4, 0.5) is 0 Å². The largest absolute Gasteiger partial charge is 0.328 e. The SMILES string of the molecule is CC(C)CCSc1nn(C(C)C)c2c(=O)[nH]c(=O)n(C)c12. The van der Waals surface area contributed by atoms with Gasteiger partial charge in [0.1, 0.15) is 10.5 Å². The lowest BCUT2D eigenvalue weighted by Gasteiger charge is -2.06. The van der Waals surface area contributed by atoms with Crippen molar-refractivity contribution in [2.24, 2.45) is 13.0 Å². The maximum Gasteiger partial charge on any atom is 0.328 e. The van der Waals surface area contributed by atoms with Crippen LogP contribution in [0.1, 0.15) is 40.2 Å². The number of hydrogen-bond acceptors (Lipinski definition) is 4. The van der Waals surface area contributed by atoms with Crippen LogP contribution in [0.2, 0.25) is 0 Å². The third kappa shape index (κ3) is 3.07. The van der Waals surface area contributed by atoms with Crippen molar-refractivity contribution in [3.63, 3.8) is 0 Å². The van der Waals surface area contributed by atoms with Gasteiger partial charge in [-0.25, -0.2) is 4.79 Å². The normalized spacial score (nSPS) is 12.0. The molecule has 2 aromatic rings. The van der Waals surface area contributed by atoms with E-state index in [4.69, 9.17) is 0 Å². The van der Waals surface area contributed by atoms with Gasteiger partial charge in [-0.3, -0.25) is 19.0 Å². The average Bonchev–Trinajstić information content (AvgIpc) is 2.76. The molecule has 0 saturated heterocycles. The Morgan fingerprint density at radius 2 is 1.86 bits per heavy atom. The van der Waals surface area contributed by atoms with Crippen molar-refractivity contribution in [3.8, 4) is 0 Å². The quantitative estimate of drug-likeness (QED) is 0.859. The van der Waals surface area contributed by atoms with Crippen molar-refractivity contribution >= 4 is 22.8 Å². The molecule has 0 unspecified atom stereocenters. The molecule has 0 atom stereocenters. The highest BCUT2D eigenvalue weighted by molar-refractivity contribution is 7.99. The number of aryl methyl sites for hydroxylation is 1. The molecule has 7 heteroatoms. The van der Waals surface area contributed by atoms with Gasteiger partial charge in [-0.15, -0.1) is 11.8 Å². The number of H-pyrrole nitrogens is 1. The van der Waals surface area contributed by atoms with Gasteiger partial charge in [0.15, 0.2) is 5.52 Å². The summed E-state index contributed by atoms with van der Waals surface area (Å²) in [6, 6.07) is 0.0607. The number of aromatic nitrogens is 4. The number of nitrogens with one attached hydrogen (secondary N) is 1. The first-order valence-corrected chi connectivity index (χ1v) is 8.15. The van der Waals surface area contributed by atoms with Crippen LogP contribution in [-0.2, 0) is 7.05 Å². The van der Waals surface area contributed by atoms with Crippen LogP contribution in [0.5, 0.6) is 0 Å². The first-order chi connectivity index (χ1) is 9.82. The van der Waals surface area contributed by atoms with Gasteiger partial charge in [0.25, 0.3) is 5.56 Å². The lowest BCUT2D eigenvalue weighted by atomic mass is 10.2. The molecule has 6 nitrogen and oxygen atoms in total. The molecule has 0 bridgehead atoms. The van der Waals surface area contributed by atoms with Crippen molar-refractivity contribution in [2.45, 2.75) is 45.2 Å². The van der Waals surface area contributed by atoms with Gasteiger partial charge in [-0.1, -0.05) is 13.8 Å². The van der Waals surface area contributed by atoms with Gasteiger partial charge in [0.05, 0.1) is 0 Å². The predicted octanol–water partition coefficient (Wildman–Crippen LogP) is 2.14. The summed E-state index contributed by atoms with van der Waals surface area (Å²) in [5.74, 6) is 1.53. The van der Waals surface area contributed by atoms with E-state index in [9.17, 15) is 9.59 Å². The number of rotatable bonds is 5. The maximum atomic E-state index is 12.1. The molecule has 1 N–H and O–H groups in total. The van der Waals surface area contributed by atoms with E-state index in [1.807, 2.05) is 13.8 Å². The molecule has 0 fully saturated rings. The molecule has 0 saturated carbocycles. The van der Waals surface area contributed by atoms with Gasteiger partial charge >= 0.3 is 5.69 Å². The Morgan fingerprint density at radius 1 is 1.19 bits per heavy atom. The van der Waals surface area contributed by atoms with Crippen LogP contribution in [0.25, 0.3) is 11.0 Å². The highest BCUT2D eigenvalue weighted by atomic mass is 32.2. The zero-order valence-corrected chi connectivity index (χ0v) is 14.0. The molecule has 0 radical (unpaired) electrons. The molecule has 21 heavy (non-hydrogen) atoms. The Hall–Kier alpha value is -1.50. The predicted molar refractivity (Wildman–Crippen MR) is 86.2 cm³/mol. The molecule has 2 heterocycles. The molecular formula is C14H22N4O2S. The van der Waals surface area contributed by atoms with E-state index in [1.165, 1.54) is 4.57 Å². The molecule has 116 valence electrons. The third-order valence-corrected chi connectivity index (χ3v) is 4.34. The second kappa shape index (κ2) is 6.09. The lowest BCUT2D eigenvalue weighted by Crippen LogP contribution is -2.29. The van der Waals surface area contributed by atoms with E-state index in [2.05, 4.69) is 23.9 Å². The number of hydrogen-bond donors (Lipinski definition) is 1. The molecule has 0 aliphatic heterocycles. The fraction of sp³-hybridized carbons (Fsp3) is 0.643. The Balaban J connectivity index is 2.60. The van der Waals surface area contributed by atoms with Crippen molar-refractivity contribution in [3.05, 3.63) is 20.8 Å². The highest BCUT2D eigenvalue weighted by Gasteiger charge is 2.19. The third-order valence-electron chi connectivity index (χ3n) is 3.35. The zero-order valence-electron chi connectivity index (χ0n) is 13.1. The maximum absolute atomic E-state index is 12.1. The average molecular weight is 310 g/mol. The second-order valence-electron chi connectivity index (χ2n) is 5.89. The Labute approximate surface area is 127 Å². The lowest BCUT2D eigenvalue weighted by molar-refractivity contribution is 0.537. The van der Waals surface area contributed by atoms with Crippen LogP contribution in [0.15, 0.2) is 14.6 Å². The van der Waals surface area contributed by atoms with Crippen LogP contribution in [0.3, 0.4) is 0 Å². The van der Waals surface area contributed by atoms with Gasteiger partial charge < -0.3 is 0 Å². The summed E-state index contributed by atoms with van der Waals surface area (Å²) in [7, 11) is 1.67. The summed E-state index contributed by atoms with van der Waals surface area (Å²) in [6.07, 6.45) is 1.07. The van der Waals surface area contributed by atoms with Crippen molar-refractivity contribution in [1.82, 2.24) is 19.3 Å². The molecule has 2 rings (SSSR count). The Morgan fingerprint density at radius 3 is 2.43 bits per heavy atom. The fourth-order valence-electron chi connectivity index (χ4n) is 2.12. The van der Waals surface area contributed by atoms with Gasteiger partial charge in [-0.2, -0.15) is 5.10 Å². The smallest absolute Gasteiger partial charge is 0.292 e. The minimum absolute atomic E-state index is 0.0607. The first kappa shape index (κ1) is 15.9. The molecule has 0 aliphatic carbocycles. The van der Waals surface area contributed by atoms with Crippen LogP contribution >= 0.6 is 11.8 Å². The van der Waals surface area contributed by atoms with Gasteiger partial charge in [0, 0.05) is 13.1 Å². The summed E-state index contributed by atoms with van der Waals surface area (Å²) >= 11 is 1.60. The minimum Gasteiger partial charge on any atom is -0.292 e. The summed E-state index contributed by atoms with van der Waals surface area (Å²) in [4.78, 5) is 26.3. The number of nitrogens with zero attached hydrogens (tertiary/aromatic N) is 3. The number of fused-ring (bicyclic) bond motifs is 1. The van der Waals surface area contributed by atoms with E-state index in [1.54, 1.807) is 23.5 Å². The zero-order chi connectivity index (χ0) is 15.7. The van der Waals surface area contributed by atoms with E-state index >= 15 is 0 Å². The molecular weight excluding hydrogens is 288 g/mol. The molecule has 0 spiro atoms. The standard InChI is InChI=1S/C14H22N4O2S/c1-8(2)6-7-21-13-11-10(18(16-13)9(3)4)12(19)15-14(20)17(11)5/h8-9H,6-7H2,1-5H3,(H,15,19,20). The Bertz CT molecular complexity index is 755. The molecule has 0 amide bonds. The molecule has 2 aromatic heterocycles. The van der Waals surface area contributed by atoms with Crippen LogP contribution in [-0.4, -0.2) is 25.1 Å². The highest BCUT2D eigenvalue weighted by Crippen LogP contribution is 2.27. The second-order valence-corrected chi connectivity index (χ2v) is 6.97. The van der Waals surface area contributed by atoms with E-state index in [0.29, 0.717) is 17.0 Å². The molecule has 0 aromatic carbocycles. The van der Waals surface area contributed by atoms with Crippen molar-refractivity contribution in [2.75, 3.05) is 5.75 Å². The van der Waals surface area contributed by atoms with Crippen LogP contribution in [0, 0.1) is 5.92 Å². The van der Waals surface area contributed by atoms with Crippen molar-refractivity contribution < 1.29 is 0 Å². The number of thioether (sulfide) groups is 1. The first-order valence-electron chi connectivity index (χ1n) is 7.17. The topological polar surface area (TPSA) is 72.7 Å². The minimum atomic E-state index is -0.401. The monoisotopic (exact) mass is 310 g/mol. The van der Waals surface area contributed by atoms with E-state index in [-0.39, 0.29) is 11.6 Å². The summed E-state index contributed by atoms with van der Waals surface area (Å²) in [5.41, 5.74) is 0.330. The number of aromatic amines is 1. The van der Waals surface area contributed by atoms with Gasteiger partial charge in [0.2, 0.25) is 0 Å². The Kier molecular flexibility index (Phi) is 4.61. The van der Waals surface area contributed by atoms with Crippen LogP contribution < -0.4 is 11.2 Å². The van der Waals surface area contributed by atoms with E-state index in [0.717, 1.165) is 17.2 Å². The van der Waals surface area contributed by atoms with E-state index < -0.39 is 5.69 Å².